The van der Waals surface area contributed by atoms with Crippen LogP contribution in [-0.2, 0) is 12.4 Å². The molecule has 0 radical (unpaired) electrons. The highest BCUT2D eigenvalue weighted by molar-refractivity contribution is 6.06. The van der Waals surface area contributed by atoms with Crippen molar-refractivity contribution in [2.24, 2.45) is 0 Å². The zero-order valence-corrected chi connectivity index (χ0v) is 13.2. The first kappa shape index (κ1) is 20.8. The van der Waals surface area contributed by atoms with E-state index < -0.39 is 29.3 Å². The molecule has 0 aliphatic carbocycles. The Labute approximate surface area is 145 Å². The predicted molar refractivity (Wildman–Crippen MR) is 83.5 cm³/mol. The van der Waals surface area contributed by atoms with Crippen LogP contribution < -0.4 is 0 Å². The number of allylic oxidation sites excluding steroid dienone is 1. The van der Waals surface area contributed by atoms with Gasteiger partial charge >= 0.3 is 12.4 Å². The quantitative estimate of drug-likeness (QED) is 0.360. The van der Waals surface area contributed by atoms with Crippen LogP contribution in [0.25, 0.3) is 6.08 Å². The lowest BCUT2D eigenvalue weighted by atomic mass is 10.1. The Morgan fingerprint density at radius 3 is 1.52 bits per heavy atom. The minimum Gasteiger partial charge on any atom is -0.289 e. The molecular formula is C17H11ClF6O. The molecule has 0 heterocycles. The molecule has 0 spiro atoms. The molecule has 0 aromatic heterocycles. The highest BCUT2D eigenvalue weighted by atomic mass is 35.5. The zero-order chi connectivity index (χ0) is 18.0. The topological polar surface area (TPSA) is 17.1 Å². The fourth-order valence-electron chi connectivity index (χ4n) is 1.87. The van der Waals surface area contributed by atoms with Crippen molar-refractivity contribution in [1.29, 1.82) is 0 Å². The smallest absolute Gasteiger partial charge is 0.289 e. The first-order valence-electron chi connectivity index (χ1n) is 6.64. The van der Waals surface area contributed by atoms with E-state index in [1.807, 2.05) is 0 Å². The molecule has 0 amide bonds. The molecule has 1 nitrogen and oxygen atoms in total. The van der Waals surface area contributed by atoms with Crippen molar-refractivity contribution in [3.8, 4) is 0 Å². The summed E-state index contributed by atoms with van der Waals surface area (Å²) >= 11 is 0. The van der Waals surface area contributed by atoms with E-state index in [0.29, 0.717) is 5.56 Å². The molecule has 0 bridgehead atoms. The molecule has 25 heavy (non-hydrogen) atoms. The molecule has 2 aromatic carbocycles. The third-order valence-corrected chi connectivity index (χ3v) is 3.16. The standard InChI is InChI=1S/C17H10F6O.ClH/c18-16(19,20)13-6-1-11(2-7-13)3-10-15(24)12-4-8-14(9-5-12)17(21,22)23;/h1-10H;1H. The van der Waals surface area contributed by atoms with E-state index in [1.54, 1.807) is 0 Å². The lowest BCUT2D eigenvalue weighted by Gasteiger charge is -2.06. The van der Waals surface area contributed by atoms with Crippen LogP contribution in [0.5, 0.6) is 0 Å². The molecule has 0 N–H and O–H groups in total. The van der Waals surface area contributed by atoms with Gasteiger partial charge in [0.15, 0.2) is 5.78 Å². The van der Waals surface area contributed by atoms with Crippen LogP contribution in [0.2, 0.25) is 0 Å². The molecule has 0 aliphatic heterocycles. The normalized spacial score (nSPS) is 12.1. The maximum atomic E-state index is 12.4. The van der Waals surface area contributed by atoms with E-state index in [1.165, 1.54) is 18.2 Å². The Morgan fingerprint density at radius 1 is 0.720 bits per heavy atom. The van der Waals surface area contributed by atoms with Crippen molar-refractivity contribution in [2.75, 3.05) is 0 Å². The summed E-state index contributed by atoms with van der Waals surface area (Å²) in [6.07, 6.45) is -6.55. The summed E-state index contributed by atoms with van der Waals surface area (Å²) in [7, 11) is 0. The number of alkyl halides is 6. The van der Waals surface area contributed by atoms with Gasteiger partial charge in [-0.1, -0.05) is 30.3 Å². The molecule has 0 atom stereocenters. The SMILES string of the molecule is Cl.O=C(C=Cc1ccc(C(F)(F)F)cc1)c1ccc(C(F)(F)F)cc1. The number of carbonyl (C=O) groups is 1. The number of hydrogen-bond acceptors (Lipinski definition) is 1. The van der Waals surface area contributed by atoms with Crippen molar-refractivity contribution in [3.63, 3.8) is 0 Å². The van der Waals surface area contributed by atoms with Crippen molar-refractivity contribution < 1.29 is 31.1 Å². The van der Waals surface area contributed by atoms with E-state index in [-0.39, 0.29) is 18.0 Å². The van der Waals surface area contributed by atoms with Gasteiger partial charge in [0.1, 0.15) is 0 Å². The van der Waals surface area contributed by atoms with E-state index in [9.17, 15) is 31.1 Å². The van der Waals surface area contributed by atoms with E-state index in [4.69, 9.17) is 0 Å². The summed E-state index contributed by atoms with van der Waals surface area (Å²) in [5.41, 5.74) is -1.27. The van der Waals surface area contributed by atoms with Crippen molar-refractivity contribution in [2.45, 2.75) is 12.4 Å². The van der Waals surface area contributed by atoms with Crippen molar-refractivity contribution >= 4 is 24.3 Å². The fourth-order valence-corrected chi connectivity index (χ4v) is 1.87. The summed E-state index contributed by atoms with van der Waals surface area (Å²) in [6, 6.07) is 7.81. The zero-order valence-electron chi connectivity index (χ0n) is 12.4. The molecule has 2 aromatic rings. The molecule has 0 fully saturated rings. The van der Waals surface area contributed by atoms with Gasteiger partial charge in [-0.25, -0.2) is 0 Å². The Kier molecular flexibility index (Phi) is 6.42. The van der Waals surface area contributed by atoms with E-state index >= 15 is 0 Å². The molecule has 134 valence electrons. The molecular weight excluding hydrogens is 370 g/mol. The molecule has 2 rings (SSSR count). The van der Waals surface area contributed by atoms with E-state index in [2.05, 4.69) is 0 Å². The van der Waals surface area contributed by atoms with Gasteiger partial charge in [-0.3, -0.25) is 4.79 Å². The van der Waals surface area contributed by atoms with Crippen LogP contribution in [0.1, 0.15) is 27.0 Å². The van der Waals surface area contributed by atoms with Gasteiger partial charge in [-0.05, 0) is 35.9 Å². The maximum Gasteiger partial charge on any atom is 0.416 e. The van der Waals surface area contributed by atoms with Crippen molar-refractivity contribution in [1.82, 2.24) is 0 Å². The third kappa shape index (κ3) is 5.63. The Morgan fingerprint density at radius 2 is 1.12 bits per heavy atom. The summed E-state index contributed by atoms with van der Waals surface area (Å²) in [4.78, 5) is 11.9. The highest BCUT2D eigenvalue weighted by Gasteiger charge is 2.30. The summed E-state index contributed by atoms with van der Waals surface area (Å²) in [5.74, 6) is -0.552. The van der Waals surface area contributed by atoms with Crippen molar-refractivity contribution in [3.05, 3.63) is 76.9 Å². The number of hydrogen-bond donors (Lipinski definition) is 0. The van der Waals surface area contributed by atoms with Crippen LogP contribution in [0.15, 0.2) is 54.6 Å². The lowest BCUT2D eigenvalue weighted by molar-refractivity contribution is -0.138. The first-order chi connectivity index (χ1) is 11.1. The number of rotatable bonds is 3. The largest absolute Gasteiger partial charge is 0.416 e. The average molecular weight is 381 g/mol. The average Bonchev–Trinajstić information content (AvgIpc) is 2.51. The summed E-state index contributed by atoms with van der Waals surface area (Å²) in [5, 5.41) is 0. The van der Waals surface area contributed by atoms with Gasteiger partial charge in [-0.2, -0.15) is 26.3 Å². The second-order valence-electron chi connectivity index (χ2n) is 4.89. The maximum absolute atomic E-state index is 12.4. The third-order valence-electron chi connectivity index (χ3n) is 3.16. The van der Waals surface area contributed by atoms with Crippen LogP contribution >= 0.6 is 12.4 Å². The Hall–Kier alpha value is -2.28. The first-order valence-corrected chi connectivity index (χ1v) is 6.64. The van der Waals surface area contributed by atoms with Gasteiger partial charge in [0.2, 0.25) is 0 Å². The summed E-state index contributed by atoms with van der Waals surface area (Å²) < 4.78 is 74.5. The van der Waals surface area contributed by atoms with Gasteiger partial charge in [0.05, 0.1) is 11.1 Å². The second-order valence-corrected chi connectivity index (χ2v) is 4.89. The number of ketones is 1. The number of carbonyl (C=O) groups excluding carboxylic acids is 1. The minimum atomic E-state index is -4.49. The number of benzene rings is 2. The Balaban J connectivity index is 0.00000312. The molecule has 0 aliphatic rings. The highest BCUT2D eigenvalue weighted by Crippen LogP contribution is 2.30. The monoisotopic (exact) mass is 380 g/mol. The fraction of sp³-hybridized carbons (Fsp3) is 0.118. The Bertz CT molecular complexity index is 743. The van der Waals surface area contributed by atoms with E-state index in [0.717, 1.165) is 42.5 Å². The predicted octanol–water partition coefficient (Wildman–Crippen LogP) is 6.04. The molecule has 0 unspecified atom stereocenters. The van der Waals surface area contributed by atoms with Crippen LogP contribution in [0.4, 0.5) is 26.3 Å². The molecule has 0 saturated heterocycles. The van der Waals surface area contributed by atoms with Gasteiger partial charge < -0.3 is 0 Å². The molecule has 0 saturated carbocycles. The van der Waals surface area contributed by atoms with Crippen LogP contribution in [-0.4, -0.2) is 5.78 Å². The van der Waals surface area contributed by atoms with Crippen LogP contribution in [0, 0.1) is 0 Å². The lowest BCUT2D eigenvalue weighted by Crippen LogP contribution is -2.05. The molecule has 8 heteroatoms. The number of halogens is 7. The minimum absolute atomic E-state index is 0. The van der Waals surface area contributed by atoms with Gasteiger partial charge in [0.25, 0.3) is 0 Å². The van der Waals surface area contributed by atoms with Gasteiger partial charge in [0, 0.05) is 5.56 Å². The van der Waals surface area contributed by atoms with Gasteiger partial charge in [-0.15, -0.1) is 12.4 Å². The summed E-state index contributed by atoms with van der Waals surface area (Å²) in [6.45, 7) is 0. The van der Waals surface area contributed by atoms with Crippen LogP contribution in [0.3, 0.4) is 0 Å². The second kappa shape index (κ2) is 7.74.